The Kier molecular flexibility index (Phi) is 6.67. The van der Waals surface area contributed by atoms with Crippen LogP contribution < -0.4 is 10.1 Å². The Morgan fingerprint density at radius 2 is 2.11 bits per heavy atom. The van der Waals surface area contributed by atoms with Gasteiger partial charge in [-0.15, -0.1) is 12.4 Å². The fourth-order valence-electron chi connectivity index (χ4n) is 3.53. The van der Waals surface area contributed by atoms with Gasteiger partial charge in [-0.25, -0.2) is 9.37 Å². The molecule has 2 heterocycles. The van der Waals surface area contributed by atoms with E-state index in [1.807, 2.05) is 18.2 Å². The molecule has 1 N–H and O–H groups in total. The first-order valence-corrected chi connectivity index (χ1v) is 9.02. The van der Waals surface area contributed by atoms with Crippen LogP contribution in [0.1, 0.15) is 17.3 Å². The molecule has 0 bridgehead atoms. The third-order valence-corrected chi connectivity index (χ3v) is 4.84. The van der Waals surface area contributed by atoms with Crippen molar-refractivity contribution < 1.29 is 13.5 Å². The van der Waals surface area contributed by atoms with E-state index in [-0.39, 0.29) is 24.3 Å². The molecule has 1 saturated heterocycles. The molecule has 1 aromatic heterocycles. The minimum Gasteiger partial charge on any atom is -0.496 e. The molecule has 1 atom stereocenters. The number of nitrogens with zero attached hydrogens (tertiary/aromatic N) is 2. The van der Waals surface area contributed by atoms with E-state index in [1.165, 1.54) is 12.1 Å². The van der Waals surface area contributed by atoms with E-state index in [1.54, 1.807) is 25.5 Å². The van der Waals surface area contributed by atoms with E-state index in [4.69, 9.17) is 9.15 Å². The molecule has 1 unspecified atom stereocenters. The smallest absolute Gasteiger partial charge is 0.226 e. The summed E-state index contributed by atoms with van der Waals surface area (Å²) in [5.41, 5.74) is 2.62. The highest BCUT2D eigenvalue weighted by Crippen LogP contribution is 2.31. The number of rotatable bonds is 5. The normalized spacial score (nSPS) is 17.1. The zero-order chi connectivity index (χ0) is 18.6. The summed E-state index contributed by atoms with van der Waals surface area (Å²) in [6, 6.07) is 14.6. The van der Waals surface area contributed by atoms with Crippen molar-refractivity contribution in [2.24, 2.45) is 0 Å². The number of benzene rings is 2. The fraction of sp³-hybridized carbons (Fsp3) is 0.286. The number of methoxy groups -OCH3 is 1. The number of oxazole rings is 1. The van der Waals surface area contributed by atoms with E-state index in [2.05, 4.69) is 21.3 Å². The predicted molar refractivity (Wildman–Crippen MR) is 108 cm³/mol. The van der Waals surface area contributed by atoms with Crippen LogP contribution in [-0.4, -0.2) is 36.6 Å². The molecule has 7 heteroatoms. The SMILES string of the molecule is COc1ccccc1C1CNCCN1Cc1coc(-c2cccc(F)c2)n1.Cl. The number of hydrogen-bond donors (Lipinski definition) is 1. The van der Waals surface area contributed by atoms with Crippen molar-refractivity contribution in [2.45, 2.75) is 12.6 Å². The molecule has 0 radical (unpaired) electrons. The summed E-state index contributed by atoms with van der Waals surface area (Å²) in [6.45, 7) is 3.31. The quantitative estimate of drug-likeness (QED) is 0.696. The molecule has 1 aliphatic rings. The second-order valence-corrected chi connectivity index (χ2v) is 6.59. The van der Waals surface area contributed by atoms with E-state index in [0.717, 1.165) is 36.6 Å². The Hall–Kier alpha value is -2.41. The third-order valence-electron chi connectivity index (χ3n) is 4.84. The van der Waals surface area contributed by atoms with Crippen molar-refractivity contribution in [1.29, 1.82) is 0 Å². The largest absolute Gasteiger partial charge is 0.496 e. The van der Waals surface area contributed by atoms with Gasteiger partial charge in [0.1, 0.15) is 17.8 Å². The summed E-state index contributed by atoms with van der Waals surface area (Å²) in [6.07, 6.45) is 1.65. The van der Waals surface area contributed by atoms with Gasteiger partial charge in [-0.05, 0) is 24.3 Å². The number of ether oxygens (including phenoxy) is 1. The summed E-state index contributed by atoms with van der Waals surface area (Å²) < 4.78 is 24.6. The molecule has 28 heavy (non-hydrogen) atoms. The summed E-state index contributed by atoms with van der Waals surface area (Å²) in [4.78, 5) is 6.92. The molecular weight excluding hydrogens is 381 g/mol. The van der Waals surface area contributed by atoms with Gasteiger partial charge < -0.3 is 14.5 Å². The van der Waals surface area contributed by atoms with Crippen LogP contribution in [0.5, 0.6) is 5.75 Å². The van der Waals surface area contributed by atoms with Crippen LogP contribution in [0.4, 0.5) is 4.39 Å². The van der Waals surface area contributed by atoms with Gasteiger partial charge in [0, 0.05) is 37.3 Å². The zero-order valence-corrected chi connectivity index (χ0v) is 16.4. The lowest BCUT2D eigenvalue weighted by Crippen LogP contribution is -2.45. The van der Waals surface area contributed by atoms with E-state index in [9.17, 15) is 4.39 Å². The van der Waals surface area contributed by atoms with Crippen molar-refractivity contribution in [3.05, 3.63) is 71.9 Å². The molecule has 5 nitrogen and oxygen atoms in total. The standard InChI is InChI=1S/C21H22FN3O2.ClH/c1-26-20-8-3-2-7-18(20)19-12-23-9-10-25(19)13-17-14-27-21(24-17)15-5-4-6-16(22)11-15;/h2-8,11,14,19,23H,9-10,12-13H2,1H3;1H. The monoisotopic (exact) mass is 403 g/mol. The number of nitrogens with one attached hydrogen (secondary N) is 1. The second-order valence-electron chi connectivity index (χ2n) is 6.59. The second kappa shape index (κ2) is 9.19. The maximum Gasteiger partial charge on any atom is 0.226 e. The fourth-order valence-corrected chi connectivity index (χ4v) is 3.53. The molecule has 2 aromatic carbocycles. The topological polar surface area (TPSA) is 50.5 Å². The third kappa shape index (κ3) is 4.35. The average molecular weight is 404 g/mol. The lowest BCUT2D eigenvalue weighted by Gasteiger charge is -2.36. The van der Waals surface area contributed by atoms with E-state index in [0.29, 0.717) is 18.0 Å². The molecule has 4 rings (SSSR count). The van der Waals surface area contributed by atoms with Crippen molar-refractivity contribution in [1.82, 2.24) is 15.2 Å². The van der Waals surface area contributed by atoms with Gasteiger partial charge in [0.25, 0.3) is 0 Å². The van der Waals surface area contributed by atoms with Crippen LogP contribution in [0, 0.1) is 5.82 Å². The summed E-state index contributed by atoms with van der Waals surface area (Å²) in [7, 11) is 1.70. The predicted octanol–water partition coefficient (Wildman–Crippen LogP) is 4.06. The van der Waals surface area contributed by atoms with Crippen molar-refractivity contribution in [2.75, 3.05) is 26.7 Å². The van der Waals surface area contributed by atoms with Crippen molar-refractivity contribution in [3.63, 3.8) is 0 Å². The van der Waals surface area contributed by atoms with E-state index < -0.39 is 0 Å². The van der Waals surface area contributed by atoms with Gasteiger partial charge in [0.2, 0.25) is 5.89 Å². The average Bonchev–Trinajstić information content (AvgIpc) is 3.17. The highest BCUT2D eigenvalue weighted by molar-refractivity contribution is 5.85. The molecule has 0 spiro atoms. The van der Waals surface area contributed by atoms with Crippen molar-refractivity contribution >= 4 is 12.4 Å². The molecular formula is C21H23ClFN3O2. The molecule has 3 aromatic rings. The highest BCUT2D eigenvalue weighted by atomic mass is 35.5. The maximum atomic E-state index is 13.4. The first-order valence-electron chi connectivity index (χ1n) is 9.02. The number of piperazine rings is 1. The minimum absolute atomic E-state index is 0. The van der Waals surface area contributed by atoms with Crippen LogP contribution in [0.15, 0.2) is 59.2 Å². The molecule has 0 amide bonds. The number of hydrogen-bond acceptors (Lipinski definition) is 5. The summed E-state index contributed by atoms with van der Waals surface area (Å²) in [5.74, 6) is 1.02. The Labute approximate surface area is 169 Å². The Morgan fingerprint density at radius 1 is 1.25 bits per heavy atom. The van der Waals surface area contributed by atoms with Crippen LogP contribution in [-0.2, 0) is 6.54 Å². The van der Waals surface area contributed by atoms with Crippen molar-refractivity contribution in [3.8, 4) is 17.2 Å². The Morgan fingerprint density at radius 3 is 2.93 bits per heavy atom. The van der Waals surface area contributed by atoms with Gasteiger partial charge >= 0.3 is 0 Å². The van der Waals surface area contributed by atoms with Gasteiger partial charge in [-0.2, -0.15) is 0 Å². The Bertz CT molecular complexity index is 918. The van der Waals surface area contributed by atoms with Crippen LogP contribution in [0.25, 0.3) is 11.5 Å². The van der Waals surface area contributed by atoms with Gasteiger partial charge in [0.05, 0.1) is 18.8 Å². The summed E-state index contributed by atoms with van der Waals surface area (Å²) in [5, 5.41) is 3.45. The lowest BCUT2D eigenvalue weighted by atomic mass is 10.0. The van der Waals surface area contributed by atoms with Gasteiger partial charge in [-0.3, -0.25) is 4.90 Å². The molecule has 0 saturated carbocycles. The van der Waals surface area contributed by atoms with E-state index >= 15 is 0 Å². The van der Waals surface area contributed by atoms with Gasteiger partial charge in [-0.1, -0.05) is 24.3 Å². The van der Waals surface area contributed by atoms with Crippen LogP contribution >= 0.6 is 12.4 Å². The van der Waals surface area contributed by atoms with Crippen LogP contribution in [0.2, 0.25) is 0 Å². The number of halogens is 2. The molecule has 1 fully saturated rings. The van der Waals surface area contributed by atoms with Crippen LogP contribution in [0.3, 0.4) is 0 Å². The number of para-hydroxylation sites is 1. The lowest BCUT2D eigenvalue weighted by molar-refractivity contribution is 0.149. The minimum atomic E-state index is -0.300. The van der Waals surface area contributed by atoms with Gasteiger partial charge in [0.15, 0.2) is 0 Å². The molecule has 0 aliphatic carbocycles. The molecule has 1 aliphatic heterocycles. The Balaban J connectivity index is 0.00000225. The maximum absolute atomic E-state index is 13.4. The summed E-state index contributed by atoms with van der Waals surface area (Å²) >= 11 is 0. The highest BCUT2D eigenvalue weighted by Gasteiger charge is 2.27. The first kappa shape index (κ1) is 20.3. The first-order chi connectivity index (χ1) is 13.2. The molecule has 148 valence electrons. The number of aromatic nitrogens is 1. The zero-order valence-electron chi connectivity index (χ0n) is 15.6.